The van der Waals surface area contributed by atoms with Crippen LogP contribution < -0.4 is 16.4 Å². The van der Waals surface area contributed by atoms with E-state index >= 15 is 0 Å². The molecular formula is C11H24N3O6P. The first kappa shape index (κ1) is 20.0. The van der Waals surface area contributed by atoms with Gasteiger partial charge in [0.1, 0.15) is 6.04 Å². The van der Waals surface area contributed by atoms with Crippen LogP contribution in [-0.2, 0) is 18.7 Å². The van der Waals surface area contributed by atoms with Crippen LogP contribution in [0.4, 0.5) is 0 Å². The third-order valence-electron chi connectivity index (χ3n) is 2.68. The smallest absolute Gasteiger partial charge is 0.352 e. The predicted molar refractivity (Wildman–Crippen MR) is 76.3 cm³/mol. The number of carbonyl (C=O) groups excluding carboxylic acids is 2. The Morgan fingerprint density at radius 1 is 1.33 bits per heavy atom. The van der Waals surface area contributed by atoms with Crippen LogP contribution in [0.3, 0.4) is 0 Å². The van der Waals surface area contributed by atoms with Gasteiger partial charge in [-0.2, -0.15) is 0 Å². The Balaban J connectivity index is 4.94. The van der Waals surface area contributed by atoms with Gasteiger partial charge in [-0.15, -0.1) is 0 Å². The molecule has 0 aliphatic carbocycles. The molecule has 9 nitrogen and oxygen atoms in total. The summed E-state index contributed by atoms with van der Waals surface area (Å²) in [4.78, 5) is 32.9. The van der Waals surface area contributed by atoms with Crippen molar-refractivity contribution in [2.24, 2.45) is 11.7 Å². The van der Waals surface area contributed by atoms with E-state index in [0.717, 1.165) is 7.11 Å². The number of nitrogens with two attached hydrogens (primary N) is 1. The Bertz CT molecular complexity index is 403. The van der Waals surface area contributed by atoms with Gasteiger partial charge in [0.2, 0.25) is 11.8 Å². The molecule has 0 spiro atoms. The molecule has 2 amide bonds. The quantitative estimate of drug-likeness (QED) is 0.332. The molecule has 21 heavy (non-hydrogen) atoms. The summed E-state index contributed by atoms with van der Waals surface area (Å²) in [7, 11) is -3.17. The molecule has 0 radical (unpaired) electrons. The van der Waals surface area contributed by atoms with Crippen molar-refractivity contribution in [3.8, 4) is 0 Å². The first-order valence-corrected chi connectivity index (χ1v) is 8.11. The Morgan fingerprint density at radius 3 is 2.29 bits per heavy atom. The maximum absolute atomic E-state index is 12.1. The van der Waals surface area contributed by atoms with Gasteiger partial charge in [0.05, 0.1) is 13.2 Å². The minimum absolute atomic E-state index is 0.0924. The molecule has 10 heteroatoms. The summed E-state index contributed by atoms with van der Waals surface area (Å²) in [6, 6.07) is -0.910. The maximum Gasteiger partial charge on any atom is 0.352 e. The zero-order valence-electron chi connectivity index (χ0n) is 12.4. The highest BCUT2D eigenvalue weighted by Crippen LogP contribution is 2.44. The highest BCUT2D eigenvalue weighted by atomic mass is 31.2. The monoisotopic (exact) mass is 325 g/mol. The standard InChI is InChI=1S/C11H24N3O6P/c1-7(2)4-8(13-9(16)5-12)11(17)14-10(6-15)21(18,19)20-3/h7-8,10,15H,4-6,12H2,1-3H3,(H,13,16)(H,14,17)(H,18,19)/t8-,10+/m0/s1. The third kappa shape index (κ3) is 7.01. The van der Waals surface area contributed by atoms with Gasteiger partial charge in [-0.1, -0.05) is 13.8 Å². The van der Waals surface area contributed by atoms with Crippen LogP contribution in [0.1, 0.15) is 20.3 Å². The summed E-state index contributed by atoms with van der Waals surface area (Å²) in [5.41, 5.74) is 5.18. The summed E-state index contributed by atoms with van der Waals surface area (Å²) >= 11 is 0. The second-order valence-corrected chi connectivity index (χ2v) is 7.02. The number of nitrogens with one attached hydrogen (secondary N) is 2. The molecule has 0 aliphatic rings. The van der Waals surface area contributed by atoms with E-state index in [1.165, 1.54) is 0 Å². The maximum atomic E-state index is 12.1. The van der Waals surface area contributed by atoms with Crippen LogP contribution in [0.15, 0.2) is 0 Å². The van der Waals surface area contributed by atoms with E-state index in [9.17, 15) is 19.0 Å². The number of amides is 2. The van der Waals surface area contributed by atoms with Gasteiger partial charge in [0.15, 0.2) is 5.78 Å². The number of hydrogen-bond acceptors (Lipinski definition) is 6. The highest BCUT2D eigenvalue weighted by molar-refractivity contribution is 7.53. The number of aliphatic hydroxyl groups excluding tert-OH is 1. The van der Waals surface area contributed by atoms with Crippen LogP contribution in [0.5, 0.6) is 0 Å². The summed E-state index contributed by atoms with van der Waals surface area (Å²) < 4.78 is 16.0. The molecule has 0 saturated carbocycles. The van der Waals surface area contributed by atoms with Gasteiger partial charge in [-0.05, 0) is 12.3 Å². The van der Waals surface area contributed by atoms with Crippen molar-refractivity contribution in [2.45, 2.75) is 32.1 Å². The molecular weight excluding hydrogens is 301 g/mol. The van der Waals surface area contributed by atoms with E-state index in [-0.39, 0.29) is 12.5 Å². The lowest BCUT2D eigenvalue weighted by atomic mass is 10.0. The van der Waals surface area contributed by atoms with Crippen molar-refractivity contribution >= 4 is 19.4 Å². The third-order valence-corrected chi connectivity index (χ3v) is 4.28. The van der Waals surface area contributed by atoms with Gasteiger partial charge < -0.3 is 30.9 Å². The molecule has 0 saturated heterocycles. The van der Waals surface area contributed by atoms with Crippen molar-refractivity contribution < 1.29 is 28.7 Å². The van der Waals surface area contributed by atoms with Crippen molar-refractivity contribution in [1.82, 2.24) is 10.6 Å². The molecule has 0 bridgehead atoms. The summed E-state index contributed by atoms with van der Waals surface area (Å²) in [5.74, 6) is -2.57. The highest BCUT2D eigenvalue weighted by Gasteiger charge is 2.34. The van der Waals surface area contributed by atoms with E-state index in [4.69, 9.17) is 10.8 Å². The van der Waals surface area contributed by atoms with Gasteiger partial charge >= 0.3 is 7.60 Å². The van der Waals surface area contributed by atoms with Crippen LogP contribution >= 0.6 is 7.60 Å². The molecule has 3 atom stereocenters. The van der Waals surface area contributed by atoms with E-state index < -0.39 is 37.8 Å². The van der Waals surface area contributed by atoms with Crippen molar-refractivity contribution in [2.75, 3.05) is 20.3 Å². The second-order valence-electron chi connectivity index (χ2n) is 4.91. The SMILES string of the molecule is COP(=O)(O)[C@H](CO)NC(=O)[C@H](CC(C)C)NC(=O)CN. The van der Waals surface area contributed by atoms with E-state index in [0.29, 0.717) is 6.42 Å². The van der Waals surface area contributed by atoms with Crippen molar-refractivity contribution in [3.05, 3.63) is 0 Å². The molecule has 6 N–H and O–H groups in total. The Kier molecular flexibility index (Phi) is 8.68. The topological polar surface area (TPSA) is 151 Å². The molecule has 0 heterocycles. The van der Waals surface area contributed by atoms with Crippen LogP contribution in [0.2, 0.25) is 0 Å². The zero-order valence-corrected chi connectivity index (χ0v) is 13.3. The van der Waals surface area contributed by atoms with Crippen molar-refractivity contribution in [1.29, 1.82) is 0 Å². The van der Waals surface area contributed by atoms with E-state index in [1.54, 1.807) is 0 Å². The normalized spacial score (nSPS) is 16.9. The zero-order chi connectivity index (χ0) is 16.6. The molecule has 0 aromatic heterocycles. The lowest BCUT2D eigenvalue weighted by molar-refractivity contribution is -0.129. The fourth-order valence-corrected chi connectivity index (χ4v) is 2.33. The number of hydrogen-bond donors (Lipinski definition) is 5. The Morgan fingerprint density at radius 2 is 1.90 bits per heavy atom. The first-order chi connectivity index (χ1) is 9.67. The van der Waals surface area contributed by atoms with Gasteiger partial charge in [0.25, 0.3) is 0 Å². The van der Waals surface area contributed by atoms with Crippen molar-refractivity contribution in [3.63, 3.8) is 0 Å². The summed E-state index contributed by atoms with van der Waals surface area (Å²) in [5, 5.41) is 13.7. The molecule has 0 rings (SSSR count). The van der Waals surface area contributed by atoms with E-state index in [2.05, 4.69) is 15.2 Å². The Labute approximate surface area is 123 Å². The van der Waals surface area contributed by atoms with Crippen LogP contribution in [-0.4, -0.2) is 53.9 Å². The second kappa shape index (κ2) is 9.11. The van der Waals surface area contributed by atoms with Gasteiger partial charge in [0, 0.05) is 7.11 Å². The van der Waals surface area contributed by atoms with Crippen LogP contribution in [0, 0.1) is 5.92 Å². The average molecular weight is 325 g/mol. The molecule has 0 aromatic rings. The summed E-state index contributed by atoms with van der Waals surface area (Å²) in [6.07, 6.45) is 0.318. The number of carbonyl (C=O) groups is 2. The molecule has 1 unspecified atom stereocenters. The summed E-state index contributed by atoms with van der Waals surface area (Å²) in [6.45, 7) is 2.66. The Hall–Kier alpha value is -0.990. The van der Waals surface area contributed by atoms with Gasteiger partial charge in [-0.25, -0.2) is 0 Å². The molecule has 0 aliphatic heterocycles. The largest absolute Gasteiger partial charge is 0.394 e. The molecule has 0 fully saturated rings. The van der Waals surface area contributed by atoms with Crippen LogP contribution in [0.25, 0.3) is 0 Å². The molecule has 0 aromatic carbocycles. The minimum atomic E-state index is -4.17. The average Bonchev–Trinajstić information content (AvgIpc) is 2.42. The fourth-order valence-electron chi connectivity index (χ4n) is 1.58. The first-order valence-electron chi connectivity index (χ1n) is 6.46. The van der Waals surface area contributed by atoms with E-state index in [1.807, 2.05) is 13.8 Å². The lowest BCUT2D eigenvalue weighted by Gasteiger charge is -2.25. The number of aliphatic hydroxyl groups is 1. The van der Waals surface area contributed by atoms with Gasteiger partial charge in [-0.3, -0.25) is 14.2 Å². The number of rotatable bonds is 9. The minimum Gasteiger partial charge on any atom is -0.394 e. The lowest BCUT2D eigenvalue weighted by Crippen LogP contribution is -2.52. The fraction of sp³-hybridized carbons (Fsp3) is 0.818. The predicted octanol–water partition coefficient (Wildman–Crippen LogP) is -1.26. The molecule has 124 valence electrons.